The van der Waals surface area contributed by atoms with Gasteiger partial charge in [-0.05, 0) is 86.5 Å². The summed E-state index contributed by atoms with van der Waals surface area (Å²) in [5.41, 5.74) is 2.61. The molecule has 2 N–H and O–H groups in total. The highest BCUT2D eigenvalue weighted by atomic mass is 35.5. The van der Waals surface area contributed by atoms with Crippen LogP contribution in [0.2, 0.25) is 5.02 Å². The number of hydrogen-bond acceptors (Lipinski definition) is 2. The van der Waals surface area contributed by atoms with Crippen LogP contribution in [0.3, 0.4) is 0 Å². The molecule has 4 nitrogen and oxygen atoms in total. The fourth-order valence-electron chi connectivity index (χ4n) is 6.83. The molecule has 0 radical (unpaired) electrons. The molecule has 1 amide bonds. The molecule has 4 aliphatic carbocycles. The first-order chi connectivity index (χ1) is 14.3. The van der Waals surface area contributed by atoms with Crippen LogP contribution in [0, 0.1) is 24.2 Å². The maximum atomic E-state index is 13.6. The van der Waals surface area contributed by atoms with Crippen LogP contribution in [-0.2, 0) is 10.2 Å². The molecule has 2 aromatic carbocycles. The third-order valence-corrected chi connectivity index (χ3v) is 7.90. The van der Waals surface area contributed by atoms with E-state index in [-0.39, 0.29) is 16.9 Å². The van der Waals surface area contributed by atoms with Crippen LogP contribution < -0.4 is 5.32 Å². The van der Waals surface area contributed by atoms with Gasteiger partial charge in [0.15, 0.2) is 0 Å². The van der Waals surface area contributed by atoms with Gasteiger partial charge in [0.25, 0.3) is 0 Å². The van der Waals surface area contributed by atoms with Gasteiger partial charge in [-0.15, -0.1) is 0 Å². The van der Waals surface area contributed by atoms with Gasteiger partial charge in [0, 0.05) is 5.02 Å². The van der Waals surface area contributed by atoms with E-state index in [0.717, 1.165) is 32.1 Å². The average molecular weight is 424 g/mol. The summed E-state index contributed by atoms with van der Waals surface area (Å²) in [6, 6.07) is 13.5. The Morgan fingerprint density at radius 1 is 1.03 bits per heavy atom. The lowest BCUT2D eigenvalue weighted by molar-refractivity contribution is -0.143. The van der Waals surface area contributed by atoms with Crippen LogP contribution in [-0.4, -0.2) is 17.0 Å². The molecule has 0 heterocycles. The Morgan fingerprint density at radius 2 is 1.70 bits per heavy atom. The zero-order valence-electron chi connectivity index (χ0n) is 17.1. The second kappa shape index (κ2) is 6.84. The zero-order valence-corrected chi connectivity index (χ0v) is 17.8. The largest absolute Gasteiger partial charge is 0.478 e. The molecule has 0 aromatic heterocycles. The summed E-state index contributed by atoms with van der Waals surface area (Å²) in [5, 5.41) is 12.9. The smallest absolute Gasteiger partial charge is 0.337 e. The number of hydrogen-bond donors (Lipinski definition) is 2. The van der Waals surface area contributed by atoms with E-state index in [9.17, 15) is 14.7 Å². The lowest BCUT2D eigenvalue weighted by Crippen LogP contribution is -2.58. The van der Waals surface area contributed by atoms with Crippen LogP contribution in [0.4, 0.5) is 5.69 Å². The molecule has 0 aliphatic heterocycles. The second-order valence-electron chi connectivity index (χ2n) is 9.84. The predicted molar refractivity (Wildman–Crippen MR) is 117 cm³/mol. The van der Waals surface area contributed by atoms with Crippen molar-refractivity contribution in [2.24, 2.45) is 17.3 Å². The quantitative estimate of drug-likeness (QED) is 0.650. The molecule has 0 saturated heterocycles. The first kappa shape index (κ1) is 19.6. The van der Waals surface area contributed by atoms with Gasteiger partial charge in [0.2, 0.25) is 5.91 Å². The monoisotopic (exact) mass is 423 g/mol. The van der Waals surface area contributed by atoms with Crippen molar-refractivity contribution < 1.29 is 14.7 Å². The third-order valence-electron chi connectivity index (χ3n) is 7.67. The van der Waals surface area contributed by atoms with E-state index in [0.29, 0.717) is 22.5 Å². The van der Waals surface area contributed by atoms with Gasteiger partial charge in [-0.1, -0.05) is 41.4 Å². The first-order valence-corrected chi connectivity index (χ1v) is 11.1. The van der Waals surface area contributed by atoms with Crippen molar-refractivity contribution in [3.8, 4) is 0 Å². The fraction of sp³-hybridized carbons (Fsp3) is 0.440. The van der Waals surface area contributed by atoms with E-state index in [1.807, 2.05) is 0 Å². The molecule has 4 fully saturated rings. The fourth-order valence-corrected chi connectivity index (χ4v) is 7.00. The number of carboxylic acids is 1. The number of amides is 1. The van der Waals surface area contributed by atoms with Crippen LogP contribution >= 0.6 is 11.6 Å². The number of carbonyl (C=O) groups excluding carboxylic acids is 1. The van der Waals surface area contributed by atoms with Crippen molar-refractivity contribution in [1.29, 1.82) is 0 Å². The van der Waals surface area contributed by atoms with Crippen LogP contribution in [0.5, 0.6) is 0 Å². The molecule has 4 aliphatic rings. The van der Waals surface area contributed by atoms with Crippen LogP contribution in [0.1, 0.15) is 60.0 Å². The number of carbonyl (C=O) groups is 2. The number of anilines is 1. The van der Waals surface area contributed by atoms with Gasteiger partial charge in [0.05, 0.1) is 16.7 Å². The number of halogens is 1. The summed E-state index contributed by atoms with van der Waals surface area (Å²) >= 11 is 5.98. The highest BCUT2D eigenvalue weighted by molar-refractivity contribution is 6.31. The molecule has 4 saturated carbocycles. The molecule has 30 heavy (non-hydrogen) atoms. The average Bonchev–Trinajstić information content (AvgIpc) is 2.68. The van der Waals surface area contributed by atoms with Gasteiger partial charge in [-0.2, -0.15) is 0 Å². The number of benzene rings is 2. The molecule has 5 heteroatoms. The Hall–Kier alpha value is -2.33. The predicted octanol–water partition coefficient (Wildman–Crippen LogP) is 5.82. The molecule has 6 rings (SSSR count). The van der Waals surface area contributed by atoms with Crippen molar-refractivity contribution in [2.45, 2.75) is 50.9 Å². The normalized spacial score (nSPS) is 31.5. The molecular formula is C25H26ClNO3. The van der Waals surface area contributed by atoms with E-state index in [4.69, 9.17) is 11.6 Å². The number of carboxylic acid groups (broad SMARTS) is 1. The standard InChI is InChI=1S/C25H26ClNO3/c1-15-2-4-18(5-3-15)24-10-16-8-17(11-24)13-25(12-16,14-24)23(30)27-21-7-6-19(26)9-20(21)22(28)29/h2-7,9,16-17H,8,10-14H2,1H3,(H,27,30)(H,28,29). The topological polar surface area (TPSA) is 66.4 Å². The third kappa shape index (κ3) is 3.13. The van der Waals surface area contributed by atoms with Crippen molar-refractivity contribution >= 4 is 29.2 Å². The minimum atomic E-state index is -1.09. The van der Waals surface area contributed by atoms with Gasteiger partial charge < -0.3 is 10.4 Å². The number of nitrogens with one attached hydrogen (secondary N) is 1. The molecule has 2 aromatic rings. The molecule has 156 valence electrons. The van der Waals surface area contributed by atoms with Gasteiger partial charge in [-0.3, -0.25) is 4.79 Å². The Labute approximate surface area is 181 Å². The Balaban J connectivity index is 1.48. The maximum Gasteiger partial charge on any atom is 0.337 e. The summed E-state index contributed by atoms with van der Waals surface area (Å²) in [5.74, 6) is -0.00252. The van der Waals surface area contributed by atoms with Crippen molar-refractivity contribution in [1.82, 2.24) is 0 Å². The SMILES string of the molecule is Cc1ccc(C23CC4CC(CC(C(=O)Nc5ccc(Cl)cc5C(=O)O)(C4)C2)C3)cc1. The summed E-state index contributed by atoms with van der Waals surface area (Å²) < 4.78 is 0. The first-order valence-electron chi connectivity index (χ1n) is 10.7. The van der Waals surface area contributed by atoms with E-state index in [1.54, 1.807) is 12.1 Å². The number of aromatic carboxylic acids is 1. The highest BCUT2D eigenvalue weighted by Crippen LogP contribution is 2.66. The Bertz CT molecular complexity index is 1020. The summed E-state index contributed by atoms with van der Waals surface area (Å²) in [4.78, 5) is 25.3. The van der Waals surface area contributed by atoms with Crippen molar-refractivity contribution in [2.75, 3.05) is 5.32 Å². The number of rotatable bonds is 4. The Kier molecular flexibility index (Phi) is 4.48. The summed E-state index contributed by atoms with van der Waals surface area (Å²) in [6.07, 6.45) is 6.17. The molecule has 4 bridgehead atoms. The van der Waals surface area contributed by atoms with Crippen molar-refractivity contribution in [3.63, 3.8) is 0 Å². The van der Waals surface area contributed by atoms with Gasteiger partial charge in [-0.25, -0.2) is 4.79 Å². The lowest BCUT2D eigenvalue weighted by Gasteiger charge is -2.61. The zero-order chi connectivity index (χ0) is 21.1. The van der Waals surface area contributed by atoms with E-state index < -0.39 is 11.4 Å². The van der Waals surface area contributed by atoms with E-state index in [2.05, 4.69) is 36.5 Å². The molecular weight excluding hydrogens is 398 g/mol. The molecule has 2 atom stereocenters. The molecule has 0 spiro atoms. The van der Waals surface area contributed by atoms with Crippen LogP contribution in [0.25, 0.3) is 0 Å². The Morgan fingerprint density at radius 3 is 2.33 bits per heavy atom. The lowest BCUT2D eigenvalue weighted by atomic mass is 9.42. The second-order valence-corrected chi connectivity index (χ2v) is 10.3. The minimum absolute atomic E-state index is 0.0297. The molecule has 2 unspecified atom stereocenters. The van der Waals surface area contributed by atoms with Gasteiger partial charge >= 0.3 is 5.97 Å². The minimum Gasteiger partial charge on any atom is -0.478 e. The number of aryl methyl sites for hydroxylation is 1. The maximum absolute atomic E-state index is 13.6. The van der Waals surface area contributed by atoms with E-state index in [1.165, 1.54) is 23.6 Å². The highest BCUT2D eigenvalue weighted by Gasteiger charge is 2.60. The van der Waals surface area contributed by atoms with Crippen molar-refractivity contribution in [3.05, 3.63) is 64.2 Å². The van der Waals surface area contributed by atoms with Gasteiger partial charge in [0.1, 0.15) is 0 Å². The summed E-state index contributed by atoms with van der Waals surface area (Å²) in [6.45, 7) is 2.10. The van der Waals surface area contributed by atoms with Crippen LogP contribution in [0.15, 0.2) is 42.5 Å². The summed E-state index contributed by atoms with van der Waals surface area (Å²) in [7, 11) is 0. The van der Waals surface area contributed by atoms with E-state index >= 15 is 0 Å².